The normalized spacial score (nSPS) is 15.4. The number of fused-ring (bicyclic) bond motifs is 3. The summed E-state index contributed by atoms with van der Waals surface area (Å²) >= 11 is 0. The summed E-state index contributed by atoms with van der Waals surface area (Å²) in [6.07, 6.45) is 8.23. The molecule has 3 N–H and O–H groups in total. The first-order valence-electron chi connectivity index (χ1n) is 10.2. The number of nitrogens with zero attached hydrogens (tertiary/aromatic N) is 2. The summed E-state index contributed by atoms with van der Waals surface area (Å²) in [5.41, 5.74) is 3.69. The Morgan fingerprint density at radius 1 is 1.30 bits per heavy atom. The number of carbonyl (C=O) groups excluding carboxylic acids is 2. The van der Waals surface area contributed by atoms with Gasteiger partial charge in [0.1, 0.15) is 11.4 Å². The summed E-state index contributed by atoms with van der Waals surface area (Å²) in [4.78, 5) is 35.7. The van der Waals surface area contributed by atoms with Crippen molar-refractivity contribution in [1.82, 2.24) is 25.6 Å². The first-order chi connectivity index (χ1) is 14.7. The summed E-state index contributed by atoms with van der Waals surface area (Å²) < 4.78 is 5.35. The van der Waals surface area contributed by atoms with Crippen LogP contribution in [0.25, 0.3) is 10.9 Å². The molecule has 0 bridgehead atoms. The quantitative estimate of drug-likeness (QED) is 0.522. The van der Waals surface area contributed by atoms with Gasteiger partial charge in [0.15, 0.2) is 0 Å². The van der Waals surface area contributed by atoms with Gasteiger partial charge in [0.05, 0.1) is 19.3 Å². The smallest absolute Gasteiger partial charge is 0.271 e. The van der Waals surface area contributed by atoms with E-state index in [1.807, 2.05) is 12.1 Å². The summed E-state index contributed by atoms with van der Waals surface area (Å²) in [5, 5.41) is 7.07. The summed E-state index contributed by atoms with van der Waals surface area (Å²) in [6, 6.07) is 5.99. The zero-order valence-corrected chi connectivity index (χ0v) is 16.9. The van der Waals surface area contributed by atoms with Crippen molar-refractivity contribution in [2.75, 3.05) is 13.7 Å². The first-order valence-corrected chi connectivity index (χ1v) is 10.2. The molecule has 0 saturated heterocycles. The van der Waals surface area contributed by atoms with E-state index in [2.05, 4.69) is 31.7 Å². The molecule has 3 aromatic rings. The average Bonchev–Trinajstić information content (AvgIpc) is 3.16. The molecule has 2 amide bonds. The van der Waals surface area contributed by atoms with Crippen LogP contribution in [0.3, 0.4) is 0 Å². The van der Waals surface area contributed by atoms with Gasteiger partial charge in [0, 0.05) is 42.0 Å². The van der Waals surface area contributed by atoms with Gasteiger partial charge >= 0.3 is 0 Å². The highest BCUT2D eigenvalue weighted by Gasteiger charge is 2.25. The molecule has 2 aromatic heterocycles. The van der Waals surface area contributed by atoms with Crippen molar-refractivity contribution in [2.24, 2.45) is 0 Å². The van der Waals surface area contributed by atoms with Crippen LogP contribution in [0.2, 0.25) is 0 Å². The number of H-pyrrole nitrogens is 1. The van der Waals surface area contributed by atoms with E-state index in [1.165, 1.54) is 24.2 Å². The lowest BCUT2D eigenvalue weighted by Crippen LogP contribution is -2.32. The van der Waals surface area contributed by atoms with Crippen molar-refractivity contribution in [1.29, 1.82) is 0 Å². The predicted octanol–water partition coefficient (Wildman–Crippen LogP) is 2.67. The molecule has 0 spiro atoms. The summed E-state index contributed by atoms with van der Waals surface area (Å²) in [6.45, 7) is 0.408. The Morgan fingerprint density at radius 2 is 2.20 bits per heavy atom. The highest BCUT2D eigenvalue weighted by Crippen LogP contribution is 2.36. The van der Waals surface area contributed by atoms with E-state index in [-0.39, 0.29) is 23.6 Å². The maximum Gasteiger partial charge on any atom is 0.271 e. The number of rotatable bonds is 7. The topological polar surface area (TPSA) is 109 Å². The monoisotopic (exact) mass is 407 g/mol. The number of aromatic nitrogens is 3. The lowest BCUT2D eigenvalue weighted by Gasteiger charge is -2.24. The maximum absolute atomic E-state index is 12.5. The number of nitrogens with one attached hydrogen (secondary N) is 3. The molecule has 1 aromatic carbocycles. The van der Waals surface area contributed by atoms with E-state index in [0.29, 0.717) is 19.4 Å². The van der Waals surface area contributed by atoms with E-state index < -0.39 is 0 Å². The Morgan fingerprint density at radius 3 is 3.00 bits per heavy atom. The Bertz CT molecular complexity index is 1050. The number of methoxy groups -OCH3 is 1. The number of hydrogen-bond acceptors (Lipinski definition) is 5. The highest BCUT2D eigenvalue weighted by atomic mass is 16.5. The van der Waals surface area contributed by atoms with Gasteiger partial charge in [0.25, 0.3) is 5.91 Å². The largest absolute Gasteiger partial charge is 0.497 e. The van der Waals surface area contributed by atoms with Crippen molar-refractivity contribution in [2.45, 2.75) is 38.1 Å². The number of aryl methyl sites for hydroxylation is 1. The van der Waals surface area contributed by atoms with Gasteiger partial charge < -0.3 is 20.4 Å². The molecular weight excluding hydrogens is 382 g/mol. The van der Waals surface area contributed by atoms with Gasteiger partial charge in [-0.15, -0.1) is 0 Å². The van der Waals surface area contributed by atoms with Crippen molar-refractivity contribution in [3.63, 3.8) is 0 Å². The van der Waals surface area contributed by atoms with Gasteiger partial charge in [0.2, 0.25) is 5.91 Å². The second kappa shape index (κ2) is 8.94. The van der Waals surface area contributed by atoms with Crippen LogP contribution in [0.15, 0.2) is 36.8 Å². The Labute approximate surface area is 174 Å². The van der Waals surface area contributed by atoms with Crippen LogP contribution in [-0.2, 0) is 11.2 Å². The van der Waals surface area contributed by atoms with Gasteiger partial charge in [-0.1, -0.05) is 0 Å². The average molecular weight is 407 g/mol. The molecular formula is C22H25N5O3. The van der Waals surface area contributed by atoms with Crippen LogP contribution in [0.4, 0.5) is 0 Å². The van der Waals surface area contributed by atoms with Crippen LogP contribution < -0.4 is 15.4 Å². The second-order valence-electron chi connectivity index (χ2n) is 7.39. The third kappa shape index (κ3) is 4.27. The third-order valence-corrected chi connectivity index (χ3v) is 5.41. The minimum atomic E-state index is -0.283. The fourth-order valence-corrected chi connectivity index (χ4v) is 3.94. The van der Waals surface area contributed by atoms with Crippen LogP contribution in [0, 0.1) is 0 Å². The Balaban J connectivity index is 1.32. The van der Waals surface area contributed by atoms with Crippen molar-refractivity contribution >= 4 is 22.7 Å². The van der Waals surface area contributed by atoms with E-state index in [1.54, 1.807) is 7.11 Å². The zero-order valence-electron chi connectivity index (χ0n) is 16.9. The number of hydrogen-bond donors (Lipinski definition) is 3. The van der Waals surface area contributed by atoms with Gasteiger partial charge in [-0.25, -0.2) is 4.98 Å². The standard InChI is InChI=1S/C22H25N5O3/c1-30-14-7-8-17-16(12-14)15-4-2-5-18(21(15)27-17)26-20(28)6-3-9-25-22(29)19-13-23-10-11-24-19/h7-8,10-13,18,27H,2-6,9H2,1H3,(H,25,29)(H,26,28). The van der Waals surface area contributed by atoms with E-state index in [9.17, 15) is 9.59 Å². The molecule has 1 unspecified atom stereocenters. The van der Waals surface area contributed by atoms with Gasteiger partial charge in [-0.2, -0.15) is 0 Å². The molecule has 156 valence electrons. The number of amides is 2. The van der Waals surface area contributed by atoms with Gasteiger partial charge in [-0.3, -0.25) is 14.6 Å². The number of benzene rings is 1. The molecule has 1 aliphatic carbocycles. The molecule has 4 rings (SSSR count). The van der Waals surface area contributed by atoms with E-state index in [0.717, 1.165) is 41.6 Å². The van der Waals surface area contributed by atoms with Gasteiger partial charge in [-0.05, 0) is 49.4 Å². The minimum Gasteiger partial charge on any atom is -0.497 e. The van der Waals surface area contributed by atoms with E-state index >= 15 is 0 Å². The summed E-state index contributed by atoms with van der Waals surface area (Å²) in [5.74, 6) is 0.533. The van der Waals surface area contributed by atoms with Crippen molar-refractivity contribution in [3.8, 4) is 5.75 Å². The Hall–Kier alpha value is -3.42. The molecule has 0 radical (unpaired) electrons. The third-order valence-electron chi connectivity index (χ3n) is 5.41. The maximum atomic E-state index is 12.5. The molecule has 0 fully saturated rings. The molecule has 8 heteroatoms. The Kier molecular flexibility index (Phi) is 5.92. The SMILES string of the molecule is COc1ccc2[nH]c3c(c2c1)CCCC3NC(=O)CCCNC(=O)c1cnccn1. The molecule has 8 nitrogen and oxygen atoms in total. The van der Waals surface area contributed by atoms with Crippen LogP contribution in [0.1, 0.15) is 53.5 Å². The molecule has 0 saturated carbocycles. The molecule has 2 heterocycles. The number of ether oxygens (including phenoxy) is 1. The second-order valence-corrected chi connectivity index (χ2v) is 7.39. The molecule has 1 aliphatic rings. The first kappa shape index (κ1) is 19.9. The highest BCUT2D eigenvalue weighted by molar-refractivity contribution is 5.91. The molecule has 1 atom stereocenters. The van der Waals surface area contributed by atoms with E-state index in [4.69, 9.17) is 4.74 Å². The fraction of sp³-hybridized carbons (Fsp3) is 0.364. The number of aromatic amines is 1. The van der Waals surface area contributed by atoms with Crippen molar-refractivity contribution < 1.29 is 14.3 Å². The van der Waals surface area contributed by atoms with Crippen molar-refractivity contribution in [3.05, 3.63) is 53.7 Å². The molecule has 30 heavy (non-hydrogen) atoms. The van der Waals surface area contributed by atoms with Crippen LogP contribution in [0.5, 0.6) is 5.75 Å². The lowest BCUT2D eigenvalue weighted by molar-refractivity contribution is -0.122. The minimum absolute atomic E-state index is 0.0159. The number of carbonyl (C=O) groups is 2. The summed E-state index contributed by atoms with van der Waals surface area (Å²) in [7, 11) is 1.67. The lowest BCUT2D eigenvalue weighted by atomic mass is 9.91. The molecule has 0 aliphatic heterocycles. The zero-order chi connectivity index (χ0) is 20.9. The van der Waals surface area contributed by atoms with Crippen LogP contribution in [-0.4, -0.2) is 40.4 Å². The predicted molar refractivity (Wildman–Crippen MR) is 112 cm³/mol. The fourth-order valence-electron chi connectivity index (χ4n) is 3.94. The van der Waals surface area contributed by atoms with Crippen LogP contribution >= 0.6 is 0 Å².